The largest absolute Gasteiger partial charge is 0.352 e. The Morgan fingerprint density at radius 3 is 2.12 bits per heavy atom. The average molecular weight is 345 g/mol. The Balaban J connectivity index is 1.27. The number of rotatable bonds is 7. The van der Waals surface area contributed by atoms with Crippen molar-refractivity contribution in [2.45, 2.75) is 83.8 Å². The van der Waals surface area contributed by atoms with E-state index in [1.165, 1.54) is 50.5 Å². The molecule has 3 rings (SSSR count). The van der Waals surface area contributed by atoms with Gasteiger partial charge in [-0.25, -0.2) is 0 Å². The Bertz CT molecular complexity index is 479. The Morgan fingerprint density at radius 2 is 1.48 bits per heavy atom. The lowest BCUT2D eigenvalue weighted by atomic mass is 9.77. The topological polar surface area (TPSA) is 18.5 Å². The lowest BCUT2D eigenvalue weighted by Crippen LogP contribution is -2.31. The van der Waals surface area contributed by atoms with Crippen molar-refractivity contribution in [3.05, 3.63) is 35.4 Å². The molecule has 0 amide bonds. The van der Waals surface area contributed by atoms with Crippen molar-refractivity contribution in [1.29, 1.82) is 0 Å². The molecule has 1 heterocycles. The van der Waals surface area contributed by atoms with Gasteiger partial charge in [0, 0.05) is 5.92 Å². The van der Waals surface area contributed by atoms with Gasteiger partial charge in [-0.15, -0.1) is 0 Å². The quantitative estimate of drug-likeness (QED) is 0.546. The zero-order chi connectivity index (χ0) is 17.5. The van der Waals surface area contributed by atoms with E-state index in [1.807, 2.05) is 0 Å². The fraction of sp³-hybridized carbons (Fsp3) is 0.739. The van der Waals surface area contributed by atoms with Crippen molar-refractivity contribution in [1.82, 2.24) is 0 Å². The zero-order valence-corrected chi connectivity index (χ0v) is 16.2. The molecule has 1 saturated heterocycles. The van der Waals surface area contributed by atoms with Gasteiger partial charge in [0.05, 0.1) is 13.2 Å². The van der Waals surface area contributed by atoms with Gasteiger partial charge in [0.2, 0.25) is 0 Å². The third-order valence-corrected chi connectivity index (χ3v) is 6.31. The molecule has 2 fully saturated rings. The molecule has 2 aliphatic rings. The molecular weight excluding hydrogens is 308 g/mol. The Hall–Kier alpha value is -0.860. The Labute approximate surface area is 154 Å². The maximum atomic E-state index is 5.82. The highest BCUT2D eigenvalue weighted by molar-refractivity contribution is 5.24. The standard InChI is InChI=1S/C23H36O2/c1-3-19-16-24-23(25-17-19)7-5-4-6-20-10-14-22(15-11-20)21-12-8-18(2)9-13-21/h8-9,12-13,19-20,22-23H,3-7,10-11,14-17H2,1-2H3. The molecule has 0 N–H and O–H groups in total. The van der Waals surface area contributed by atoms with Gasteiger partial charge < -0.3 is 9.47 Å². The van der Waals surface area contributed by atoms with E-state index in [4.69, 9.17) is 9.47 Å². The molecule has 0 atom stereocenters. The summed E-state index contributed by atoms with van der Waals surface area (Å²) in [7, 11) is 0. The minimum atomic E-state index is 0.0695. The summed E-state index contributed by atoms with van der Waals surface area (Å²) in [4.78, 5) is 0. The third-order valence-electron chi connectivity index (χ3n) is 6.31. The molecule has 1 aromatic carbocycles. The molecule has 1 saturated carbocycles. The number of ether oxygens (including phenoxy) is 2. The van der Waals surface area contributed by atoms with E-state index in [-0.39, 0.29) is 6.29 Å². The molecule has 1 aliphatic carbocycles. The van der Waals surface area contributed by atoms with Gasteiger partial charge in [-0.05, 0) is 69.3 Å². The minimum absolute atomic E-state index is 0.0695. The summed E-state index contributed by atoms with van der Waals surface area (Å²) in [6.07, 6.45) is 11.9. The van der Waals surface area contributed by atoms with Crippen LogP contribution >= 0.6 is 0 Å². The number of hydrogen-bond acceptors (Lipinski definition) is 2. The first-order valence-electron chi connectivity index (χ1n) is 10.5. The van der Waals surface area contributed by atoms with Crippen LogP contribution in [0.1, 0.15) is 81.8 Å². The summed E-state index contributed by atoms with van der Waals surface area (Å²) in [6, 6.07) is 9.21. The number of aryl methyl sites for hydroxylation is 1. The first-order valence-corrected chi connectivity index (χ1v) is 10.5. The highest BCUT2D eigenvalue weighted by Gasteiger charge is 2.23. The summed E-state index contributed by atoms with van der Waals surface area (Å²) in [6.45, 7) is 6.17. The van der Waals surface area contributed by atoms with Gasteiger partial charge in [0.1, 0.15) is 0 Å². The first kappa shape index (κ1) is 18.9. The van der Waals surface area contributed by atoms with Crippen molar-refractivity contribution in [3.63, 3.8) is 0 Å². The van der Waals surface area contributed by atoms with E-state index in [9.17, 15) is 0 Å². The Kier molecular flexibility index (Phi) is 7.36. The van der Waals surface area contributed by atoms with Crippen LogP contribution in [-0.4, -0.2) is 19.5 Å². The summed E-state index contributed by atoms with van der Waals surface area (Å²) >= 11 is 0. The van der Waals surface area contributed by atoms with Gasteiger partial charge in [0.25, 0.3) is 0 Å². The van der Waals surface area contributed by atoms with Crippen LogP contribution in [0.3, 0.4) is 0 Å². The average Bonchev–Trinajstić information content (AvgIpc) is 2.67. The molecule has 1 aliphatic heterocycles. The second kappa shape index (κ2) is 9.73. The third kappa shape index (κ3) is 5.82. The monoisotopic (exact) mass is 344 g/mol. The Morgan fingerprint density at radius 1 is 0.840 bits per heavy atom. The normalized spacial score (nSPS) is 30.3. The molecule has 25 heavy (non-hydrogen) atoms. The summed E-state index contributed by atoms with van der Waals surface area (Å²) in [5.74, 6) is 2.35. The van der Waals surface area contributed by atoms with Crippen LogP contribution in [0.2, 0.25) is 0 Å². The SMILES string of the molecule is CCC1COC(CCCCC2CCC(c3ccc(C)cc3)CC2)OC1. The van der Waals surface area contributed by atoms with E-state index in [0.29, 0.717) is 5.92 Å². The van der Waals surface area contributed by atoms with Crippen LogP contribution in [0.4, 0.5) is 0 Å². The van der Waals surface area contributed by atoms with Crippen LogP contribution in [0, 0.1) is 18.8 Å². The molecule has 0 unspecified atom stereocenters. The van der Waals surface area contributed by atoms with Crippen molar-refractivity contribution in [2.75, 3.05) is 13.2 Å². The molecule has 2 nitrogen and oxygen atoms in total. The van der Waals surface area contributed by atoms with Gasteiger partial charge in [-0.2, -0.15) is 0 Å². The zero-order valence-electron chi connectivity index (χ0n) is 16.2. The molecule has 0 aromatic heterocycles. The van der Waals surface area contributed by atoms with Crippen molar-refractivity contribution < 1.29 is 9.47 Å². The molecule has 140 valence electrons. The summed E-state index contributed by atoms with van der Waals surface area (Å²) < 4.78 is 11.6. The van der Waals surface area contributed by atoms with E-state index in [1.54, 1.807) is 5.56 Å². The molecule has 0 bridgehead atoms. The van der Waals surface area contributed by atoms with Gasteiger partial charge in [-0.3, -0.25) is 0 Å². The van der Waals surface area contributed by atoms with Crippen LogP contribution in [0.25, 0.3) is 0 Å². The number of unbranched alkanes of at least 4 members (excludes halogenated alkanes) is 1. The highest BCUT2D eigenvalue weighted by atomic mass is 16.7. The predicted octanol–water partition coefficient (Wildman–Crippen LogP) is 6.23. The maximum Gasteiger partial charge on any atom is 0.157 e. The second-order valence-electron chi connectivity index (χ2n) is 8.28. The predicted molar refractivity (Wildman–Crippen MR) is 104 cm³/mol. The molecule has 0 radical (unpaired) electrons. The lowest BCUT2D eigenvalue weighted by Gasteiger charge is -2.30. The fourth-order valence-electron chi connectivity index (χ4n) is 4.35. The van der Waals surface area contributed by atoms with Crippen molar-refractivity contribution >= 4 is 0 Å². The van der Waals surface area contributed by atoms with Crippen LogP contribution in [0.5, 0.6) is 0 Å². The molecule has 1 aromatic rings. The smallest absolute Gasteiger partial charge is 0.157 e. The first-order chi connectivity index (χ1) is 12.2. The van der Waals surface area contributed by atoms with E-state index < -0.39 is 0 Å². The van der Waals surface area contributed by atoms with Crippen LogP contribution in [0.15, 0.2) is 24.3 Å². The number of benzene rings is 1. The van der Waals surface area contributed by atoms with Crippen molar-refractivity contribution in [3.8, 4) is 0 Å². The minimum Gasteiger partial charge on any atom is -0.352 e. The maximum absolute atomic E-state index is 5.82. The highest BCUT2D eigenvalue weighted by Crippen LogP contribution is 2.37. The molecule has 0 spiro atoms. The number of hydrogen-bond donors (Lipinski definition) is 0. The van der Waals surface area contributed by atoms with Gasteiger partial charge >= 0.3 is 0 Å². The van der Waals surface area contributed by atoms with Crippen molar-refractivity contribution in [2.24, 2.45) is 11.8 Å². The van der Waals surface area contributed by atoms with Gasteiger partial charge in [0.15, 0.2) is 6.29 Å². The van der Waals surface area contributed by atoms with E-state index >= 15 is 0 Å². The van der Waals surface area contributed by atoms with E-state index in [0.717, 1.165) is 37.9 Å². The van der Waals surface area contributed by atoms with Crippen LogP contribution < -0.4 is 0 Å². The summed E-state index contributed by atoms with van der Waals surface area (Å²) in [5, 5.41) is 0. The lowest BCUT2D eigenvalue weighted by molar-refractivity contribution is -0.203. The summed E-state index contributed by atoms with van der Waals surface area (Å²) in [5.41, 5.74) is 2.93. The van der Waals surface area contributed by atoms with Gasteiger partial charge in [-0.1, -0.05) is 49.6 Å². The molecular formula is C23H36O2. The molecule has 2 heteroatoms. The van der Waals surface area contributed by atoms with E-state index in [2.05, 4.69) is 38.1 Å². The van der Waals surface area contributed by atoms with Crippen LogP contribution in [-0.2, 0) is 9.47 Å². The second-order valence-corrected chi connectivity index (χ2v) is 8.28. The fourth-order valence-corrected chi connectivity index (χ4v) is 4.35.